The number of fused-ring (bicyclic) bond motifs is 2. The van der Waals surface area contributed by atoms with Gasteiger partial charge in [-0.3, -0.25) is 0 Å². The molecule has 0 saturated heterocycles. The first-order valence-corrected chi connectivity index (χ1v) is 10.1. The van der Waals surface area contributed by atoms with E-state index in [9.17, 15) is 0 Å². The summed E-state index contributed by atoms with van der Waals surface area (Å²) in [5.74, 6) is 0. The van der Waals surface area contributed by atoms with Gasteiger partial charge in [0, 0.05) is 0 Å². The van der Waals surface area contributed by atoms with E-state index >= 15 is 0 Å². The van der Waals surface area contributed by atoms with Gasteiger partial charge in [0.25, 0.3) is 0 Å². The van der Waals surface area contributed by atoms with Crippen LogP contribution in [-0.2, 0) is 17.6 Å². The summed E-state index contributed by atoms with van der Waals surface area (Å²) in [6.45, 7) is 0. The van der Waals surface area contributed by atoms with Crippen LogP contribution in [0.15, 0.2) is 58.8 Å². The fourth-order valence-corrected chi connectivity index (χ4v) is 6.82. The average molecular weight is 364 g/mol. The van der Waals surface area contributed by atoms with Crippen molar-refractivity contribution in [1.82, 2.24) is 16.6 Å². The molecule has 2 aromatic carbocycles. The molecular weight excluding hydrogens is 354 g/mol. The Balaban J connectivity index is 1.91. The Labute approximate surface area is 140 Å². The summed E-state index contributed by atoms with van der Waals surface area (Å²) >= 11 is 7.66. The molecule has 0 spiro atoms. The molecule has 21 heavy (non-hydrogen) atoms. The van der Waals surface area contributed by atoms with Crippen molar-refractivity contribution in [2.24, 2.45) is 0 Å². The third kappa shape index (κ3) is 2.20. The van der Waals surface area contributed by atoms with Crippen LogP contribution in [0.4, 0.5) is 0 Å². The molecule has 0 unspecified atom stereocenters. The number of rotatable bonds is 2. The van der Waals surface area contributed by atoms with Gasteiger partial charge in [0.2, 0.25) is 0 Å². The normalized spacial score (nSPS) is 11.1. The Morgan fingerprint density at radius 1 is 0.714 bits per heavy atom. The van der Waals surface area contributed by atoms with Gasteiger partial charge in [-0.25, -0.2) is 0 Å². The van der Waals surface area contributed by atoms with Gasteiger partial charge < -0.3 is 0 Å². The zero-order valence-electron chi connectivity index (χ0n) is 11.0. The molecule has 100 valence electrons. The predicted molar refractivity (Wildman–Crippen MR) is 84.8 cm³/mol. The van der Waals surface area contributed by atoms with E-state index in [4.69, 9.17) is 0 Å². The van der Waals surface area contributed by atoms with Gasteiger partial charge in [0.15, 0.2) is 0 Å². The van der Waals surface area contributed by atoms with Crippen molar-refractivity contribution in [3.63, 3.8) is 0 Å². The Hall–Kier alpha value is -1.30. The van der Waals surface area contributed by atoms with Gasteiger partial charge in [-0.2, -0.15) is 0 Å². The van der Waals surface area contributed by atoms with Crippen LogP contribution in [0.3, 0.4) is 0 Å². The quantitative estimate of drug-likeness (QED) is 0.423. The van der Waals surface area contributed by atoms with Crippen molar-refractivity contribution in [2.75, 3.05) is 0 Å². The molecule has 4 rings (SSSR count). The van der Waals surface area contributed by atoms with Gasteiger partial charge in [-0.1, -0.05) is 0 Å². The maximum absolute atomic E-state index is 4.54. The predicted octanol–water partition coefficient (Wildman–Crippen LogP) is 3.27. The summed E-state index contributed by atoms with van der Waals surface area (Å²) in [4.78, 5) is 9.04. The van der Waals surface area contributed by atoms with Crippen LogP contribution < -0.4 is 0 Å². The minimum atomic E-state index is -1.41. The fourth-order valence-electron chi connectivity index (χ4n) is 2.55. The van der Waals surface area contributed by atoms with E-state index in [0.717, 1.165) is 32.4 Å². The van der Waals surface area contributed by atoms with Crippen molar-refractivity contribution >= 4 is 47.3 Å². The zero-order chi connectivity index (χ0) is 14.4. The number of hydrogen-bond donors (Lipinski definition) is 2. The number of nitrogens with zero attached hydrogens (tertiary/aromatic N) is 4. The minimum absolute atomic E-state index is 0.765. The Morgan fingerprint density at radius 2 is 1.14 bits per heavy atom. The van der Waals surface area contributed by atoms with Crippen LogP contribution in [0.1, 0.15) is 0 Å². The second kappa shape index (κ2) is 5.16. The molecule has 0 aliphatic heterocycles. The van der Waals surface area contributed by atoms with Crippen LogP contribution in [0.2, 0.25) is 0 Å². The molecule has 0 bridgehead atoms. The Bertz CT molecular complexity index is 882. The molecule has 0 atom stereocenters. The molecule has 0 radical (unpaired) electrons. The van der Waals surface area contributed by atoms with Gasteiger partial charge in [0.05, 0.1) is 0 Å². The molecule has 0 fully saturated rings. The first-order valence-electron chi connectivity index (χ1n) is 6.52. The standard InChI is InChI=1S/2C7H5N2S.Zn/c2*10-7-8-5-3-1-2-4-6(5)9-7;/h2*1-4H,(H-,8,9,10);/q2*-1;+2. The first kappa shape index (κ1) is 13.4. The molecule has 4 aromatic rings. The molecule has 0 saturated carbocycles. The average Bonchev–Trinajstić information content (AvgIpc) is 2.97. The van der Waals surface area contributed by atoms with E-state index < -0.39 is 17.6 Å². The molecule has 0 N–H and O–H groups in total. The number of imidazole rings is 2. The molecule has 7 heteroatoms. The van der Waals surface area contributed by atoms with Crippen LogP contribution in [0.5, 0.6) is 0 Å². The van der Waals surface area contributed by atoms with Crippen LogP contribution in [-0.4, -0.2) is 16.6 Å². The molecule has 2 heterocycles. The first-order chi connectivity index (χ1) is 10.2. The van der Waals surface area contributed by atoms with Crippen molar-refractivity contribution in [2.45, 2.75) is 10.3 Å². The second-order valence-electron chi connectivity index (χ2n) is 4.80. The van der Waals surface area contributed by atoms with Gasteiger partial charge in [0.1, 0.15) is 0 Å². The van der Waals surface area contributed by atoms with E-state index in [1.54, 1.807) is 0 Å². The Kier molecular flexibility index (Phi) is 3.29. The molecule has 0 amide bonds. The third-order valence-electron chi connectivity index (χ3n) is 3.55. The summed E-state index contributed by atoms with van der Waals surface area (Å²) in [5.41, 5.74) is 4.23. The topological polar surface area (TPSA) is 35.6 Å². The number of aromatic nitrogens is 4. The molecule has 2 aromatic heterocycles. The maximum atomic E-state index is 4.54. The monoisotopic (exact) mass is 362 g/mol. The molecule has 0 aliphatic rings. The summed E-state index contributed by atoms with van der Waals surface area (Å²) in [6.07, 6.45) is 0. The van der Waals surface area contributed by atoms with E-state index in [1.807, 2.05) is 36.4 Å². The fraction of sp³-hybridized carbons (Fsp3) is 0. The summed E-state index contributed by atoms with van der Waals surface area (Å²) in [6, 6.07) is 16.3. The van der Waals surface area contributed by atoms with Gasteiger partial charge in [-0.15, -0.1) is 0 Å². The number of hydrogen-bond acceptors (Lipinski definition) is 4. The van der Waals surface area contributed by atoms with Crippen molar-refractivity contribution < 1.29 is 17.6 Å². The van der Waals surface area contributed by atoms with E-state index in [1.165, 1.54) is 0 Å². The van der Waals surface area contributed by atoms with Crippen LogP contribution >= 0.6 is 25.3 Å². The van der Waals surface area contributed by atoms with E-state index in [2.05, 4.69) is 54.0 Å². The van der Waals surface area contributed by atoms with Crippen LogP contribution in [0.25, 0.3) is 22.1 Å². The van der Waals surface area contributed by atoms with Gasteiger partial charge >= 0.3 is 140 Å². The molecular formula is C14H10N4S2Zn. The molecule has 0 aliphatic carbocycles. The van der Waals surface area contributed by atoms with Crippen molar-refractivity contribution in [3.05, 3.63) is 48.5 Å². The van der Waals surface area contributed by atoms with E-state index in [-0.39, 0.29) is 0 Å². The summed E-state index contributed by atoms with van der Waals surface area (Å²) < 4.78 is 4.47. The van der Waals surface area contributed by atoms with Crippen molar-refractivity contribution in [1.29, 1.82) is 0 Å². The second-order valence-corrected chi connectivity index (χ2v) is 8.85. The number of thiol groups is 2. The Morgan fingerprint density at radius 3 is 1.62 bits per heavy atom. The number of para-hydroxylation sites is 4. The summed E-state index contributed by atoms with van der Waals surface area (Å²) in [7, 11) is 0. The van der Waals surface area contributed by atoms with E-state index in [0.29, 0.717) is 0 Å². The zero-order valence-corrected chi connectivity index (χ0v) is 15.8. The SMILES string of the molecule is Sc1nc2ccccc2[n]1[Zn][n]1c(S)nc2ccccc21. The van der Waals surface area contributed by atoms with Gasteiger partial charge in [-0.05, 0) is 0 Å². The molecule has 4 nitrogen and oxygen atoms in total. The number of benzene rings is 2. The third-order valence-corrected chi connectivity index (χ3v) is 9.22. The summed E-state index contributed by atoms with van der Waals surface area (Å²) in [5, 5.41) is 1.53. The van der Waals surface area contributed by atoms with Crippen LogP contribution in [0, 0.1) is 0 Å². The van der Waals surface area contributed by atoms with Crippen molar-refractivity contribution in [3.8, 4) is 0 Å².